The number of hydrogen-bond acceptors (Lipinski definition) is 3. The van der Waals surface area contributed by atoms with Crippen molar-refractivity contribution in [3.05, 3.63) is 58.6 Å². The van der Waals surface area contributed by atoms with E-state index in [0.717, 1.165) is 18.4 Å². The second-order valence-electron chi connectivity index (χ2n) is 5.94. The molecule has 0 aromatic heterocycles. The second-order valence-corrected chi connectivity index (χ2v) is 6.34. The third kappa shape index (κ3) is 3.65. The van der Waals surface area contributed by atoms with E-state index < -0.39 is 0 Å². The van der Waals surface area contributed by atoms with Crippen molar-refractivity contribution in [2.45, 2.75) is 25.8 Å². The van der Waals surface area contributed by atoms with Crippen molar-refractivity contribution >= 4 is 17.5 Å². The number of halogens is 1. The normalized spacial score (nSPS) is 14.9. The molecule has 4 nitrogen and oxygen atoms in total. The summed E-state index contributed by atoms with van der Waals surface area (Å²) in [5.74, 6) is 0.323. The molecule has 1 aliphatic rings. The van der Waals surface area contributed by atoms with Crippen LogP contribution in [-0.2, 0) is 0 Å². The number of ether oxygens (including phenoxy) is 1. The van der Waals surface area contributed by atoms with Gasteiger partial charge in [-0.05, 0) is 43.4 Å². The Morgan fingerprint density at radius 2 is 2.04 bits per heavy atom. The van der Waals surface area contributed by atoms with Crippen molar-refractivity contribution in [3.8, 4) is 11.5 Å². The Hall–Kier alpha value is -2.20. The highest BCUT2D eigenvalue weighted by molar-refractivity contribution is 6.32. The molecule has 0 radical (unpaired) electrons. The van der Waals surface area contributed by atoms with Gasteiger partial charge in [0.1, 0.15) is 0 Å². The summed E-state index contributed by atoms with van der Waals surface area (Å²) < 4.78 is 5.34. The lowest BCUT2D eigenvalue weighted by Crippen LogP contribution is -2.29. The van der Waals surface area contributed by atoms with Crippen LogP contribution in [0.3, 0.4) is 0 Å². The van der Waals surface area contributed by atoms with Crippen molar-refractivity contribution < 1.29 is 14.6 Å². The molecule has 1 unspecified atom stereocenters. The minimum atomic E-state index is -0.224. The fraction of sp³-hybridized carbons (Fsp3) is 0.316. The molecule has 0 bridgehead atoms. The van der Waals surface area contributed by atoms with Gasteiger partial charge in [-0.1, -0.05) is 41.9 Å². The summed E-state index contributed by atoms with van der Waals surface area (Å²) in [5, 5.41) is 13.1. The second kappa shape index (κ2) is 7.14. The first-order chi connectivity index (χ1) is 11.6. The molecule has 126 valence electrons. The number of carbonyl (C=O) groups is 1. The highest BCUT2D eigenvalue weighted by Gasteiger charge is 2.33. The van der Waals surface area contributed by atoms with E-state index in [4.69, 9.17) is 16.3 Å². The standard InChI is InChI=1S/C19H20ClNO3/c1-2-24-16-11-14(10-15(20)18(16)22)19(23)21-17(13-8-9-13)12-6-4-3-5-7-12/h3-7,10-11,13,17,22H,2,8-9H2,1H3,(H,21,23). The molecule has 24 heavy (non-hydrogen) atoms. The molecule has 0 spiro atoms. The molecule has 1 amide bonds. The van der Waals surface area contributed by atoms with E-state index in [0.29, 0.717) is 18.1 Å². The quantitative estimate of drug-likeness (QED) is 0.819. The first kappa shape index (κ1) is 16.7. The summed E-state index contributed by atoms with van der Waals surface area (Å²) in [6, 6.07) is 12.9. The summed E-state index contributed by atoms with van der Waals surface area (Å²) in [7, 11) is 0. The number of amides is 1. The van der Waals surface area contributed by atoms with Gasteiger partial charge in [-0.25, -0.2) is 0 Å². The van der Waals surface area contributed by atoms with Crippen molar-refractivity contribution in [2.75, 3.05) is 6.61 Å². The van der Waals surface area contributed by atoms with Gasteiger partial charge in [0.2, 0.25) is 0 Å². The zero-order chi connectivity index (χ0) is 17.1. The van der Waals surface area contributed by atoms with Crippen LogP contribution in [0.2, 0.25) is 5.02 Å². The summed E-state index contributed by atoms with van der Waals surface area (Å²) in [6.07, 6.45) is 2.22. The molecule has 1 fully saturated rings. The number of aromatic hydroxyl groups is 1. The molecule has 1 saturated carbocycles. The lowest BCUT2D eigenvalue weighted by Gasteiger charge is -2.19. The molecule has 0 saturated heterocycles. The Balaban J connectivity index is 1.83. The van der Waals surface area contributed by atoms with Gasteiger partial charge in [-0.2, -0.15) is 0 Å². The lowest BCUT2D eigenvalue weighted by atomic mass is 10.0. The maximum atomic E-state index is 12.7. The van der Waals surface area contributed by atoms with E-state index in [2.05, 4.69) is 5.32 Å². The topological polar surface area (TPSA) is 58.6 Å². The van der Waals surface area contributed by atoms with E-state index in [1.54, 1.807) is 6.92 Å². The van der Waals surface area contributed by atoms with Crippen molar-refractivity contribution in [1.82, 2.24) is 5.32 Å². The van der Waals surface area contributed by atoms with Gasteiger partial charge in [0.15, 0.2) is 11.5 Å². The van der Waals surface area contributed by atoms with Gasteiger partial charge in [0, 0.05) is 5.56 Å². The maximum absolute atomic E-state index is 12.7. The predicted molar refractivity (Wildman–Crippen MR) is 93.7 cm³/mol. The first-order valence-corrected chi connectivity index (χ1v) is 8.49. The largest absolute Gasteiger partial charge is 0.503 e. The van der Waals surface area contributed by atoms with Gasteiger partial charge in [-0.15, -0.1) is 0 Å². The zero-order valence-corrected chi connectivity index (χ0v) is 14.2. The zero-order valence-electron chi connectivity index (χ0n) is 13.5. The molecule has 2 aromatic carbocycles. The molecule has 2 aromatic rings. The summed E-state index contributed by atoms with van der Waals surface area (Å²) >= 11 is 6.02. The van der Waals surface area contributed by atoms with Crippen molar-refractivity contribution in [1.29, 1.82) is 0 Å². The van der Waals surface area contributed by atoms with Gasteiger partial charge in [-0.3, -0.25) is 4.79 Å². The van der Waals surface area contributed by atoms with E-state index >= 15 is 0 Å². The van der Waals surface area contributed by atoms with Crippen LogP contribution in [0, 0.1) is 5.92 Å². The molecular weight excluding hydrogens is 326 g/mol. The van der Waals surface area contributed by atoms with Gasteiger partial charge in [0.25, 0.3) is 5.91 Å². The summed E-state index contributed by atoms with van der Waals surface area (Å²) in [4.78, 5) is 12.7. The number of rotatable bonds is 6. The first-order valence-electron chi connectivity index (χ1n) is 8.11. The van der Waals surface area contributed by atoms with Gasteiger partial charge >= 0.3 is 0 Å². The van der Waals surface area contributed by atoms with Crippen LogP contribution in [0.15, 0.2) is 42.5 Å². The van der Waals surface area contributed by atoms with Gasteiger partial charge in [0.05, 0.1) is 17.7 Å². The smallest absolute Gasteiger partial charge is 0.251 e. The number of carbonyl (C=O) groups excluding carboxylic acids is 1. The Morgan fingerprint density at radius 1 is 1.33 bits per heavy atom. The van der Waals surface area contributed by atoms with E-state index in [-0.39, 0.29) is 28.5 Å². The Bertz CT molecular complexity index is 729. The molecule has 3 rings (SSSR count). The van der Waals surface area contributed by atoms with E-state index in [1.165, 1.54) is 12.1 Å². The average molecular weight is 346 g/mol. The van der Waals surface area contributed by atoms with Crippen LogP contribution >= 0.6 is 11.6 Å². The third-order valence-electron chi connectivity index (χ3n) is 4.13. The Kier molecular flexibility index (Phi) is 4.95. The van der Waals surface area contributed by atoms with Crippen LogP contribution in [0.1, 0.15) is 41.7 Å². The summed E-state index contributed by atoms with van der Waals surface area (Å²) in [6.45, 7) is 2.18. The van der Waals surface area contributed by atoms with Crippen molar-refractivity contribution in [2.24, 2.45) is 5.92 Å². The highest BCUT2D eigenvalue weighted by atomic mass is 35.5. The fourth-order valence-corrected chi connectivity index (χ4v) is 2.97. The molecule has 5 heteroatoms. The van der Waals surface area contributed by atoms with Crippen LogP contribution in [0.5, 0.6) is 11.5 Å². The number of nitrogens with one attached hydrogen (secondary N) is 1. The molecule has 2 N–H and O–H groups in total. The molecule has 1 aliphatic carbocycles. The van der Waals surface area contributed by atoms with Crippen LogP contribution in [-0.4, -0.2) is 17.6 Å². The Labute approximate surface area is 146 Å². The fourth-order valence-electron chi connectivity index (χ4n) is 2.76. The molecular formula is C19H20ClNO3. The molecule has 0 aliphatic heterocycles. The van der Waals surface area contributed by atoms with E-state index in [1.807, 2.05) is 30.3 Å². The monoisotopic (exact) mass is 345 g/mol. The molecule has 0 heterocycles. The maximum Gasteiger partial charge on any atom is 0.251 e. The summed E-state index contributed by atoms with van der Waals surface area (Å²) in [5.41, 5.74) is 1.48. The van der Waals surface area contributed by atoms with Crippen molar-refractivity contribution in [3.63, 3.8) is 0 Å². The lowest BCUT2D eigenvalue weighted by molar-refractivity contribution is 0.0931. The van der Waals surface area contributed by atoms with Crippen LogP contribution in [0.4, 0.5) is 0 Å². The Morgan fingerprint density at radius 3 is 2.67 bits per heavy atom. The average Bonchev–Trinajstić information content (AvgIpc) is 3.42. The van der Waals surface area contributed by atoms with Gasteiger partial charge < -0.3 is 15.2 Å². The van der Waals surface area contributed by atoms with Crippen LogP contribution < -0.4 is 10.1 Å². The number of hydrogen-bond donors (Lipinski definition) is 2. The SMILES string of the molecule is CCOc1cc(C(=O)NC(c2ccccc2)C2CC2)cc(Cl)c1O. The minimum Gasteiger partial charge on any atom is -0.503 e. The number of phenols is 1. The highest BCUT2D eigenvalue weighted by Crippen LogP contribution is 2.41. The molecule has 1 atom stereocenters. The van der Waals surface area contributed by atoms with Crippen LogP contribution in [0.25, 0.3) is 0 Å². The number of phenolic OH excluding ortho intramolecular Hbond substituents is 1. The number of benzene rings is 2. The third-order valence-corrected chi connectivity index (χ3v) is 4.42. The minimum absolute atomic E-state index is 0.0122. The van der Waals surface area contributed by atoms with E-state index in [9.17, 15) is 9.90 Å². The predicted octanol–water partition coefficient (Wildman–Crippen LogP) is 4.33.